The highest BCUT2D eigenvalue weighted by Crippen LogP contribution is 2.23. The number of hydrogen-bond donors (Lipinski definition) is 1. The summed E-state index contributed by atoms with van der Waals surface area (Å²) in [5.41, 5.74) is 3.45. The average molecular weight is 380 g/mol. The van der Waals surface area contributed by atoms with Gasteiger partial charge < -0.3 is 14.6 Å². The average Bonchev–Trinajstić information content (AvgIpc) is 3.15. The Kier molecular flexibility index (Phi) is 5.59. The summed E-state index contributed by atoms with van der Waals surface area (Å²) in [6, 6.07) is 14.6. The van der Waals surface area contributed by atoms with E-state index >= 15 is 0 Å². The molecule has 0 aliphatic heterocycles. The topological polar surface area (TPSA) is 62.6 Å². The van der Waals surface area contributed by atoms with Crippen LogP contribution in [0, 0.1) is 19.7 Å². The molecule has 2 amide bonds. The number of carbonyl (C=O) groups is 2. The third kappa shape index (κ3) is 4.28. The van der Waals surface area contributed by atoms with Crippen LogP contribution in [0.15, 0.2) is 59.0 Å². The number of furan rings is 1. The Morgan fingerprint density at radius 2 is 1.75 bits per heavy atom. The van der Waals surface area contributed by atoms with E-state index in [2.05, 4.69) is 5.32 Å². The lowest BCUT2D eigenvalue weighted by Gasteiger charge is -2.16. The third-order valence-electron chi connectivity index (χ3n) is 4.55. The Morgan fingerprint density at radius 3 is 2.46 bits per heavy atom. The van der Waals surface area contributed by atoms with Crippen molar-refractivity contribution in [1.82, 2.24) is 4.90 Å². The molecule has 1 N–H and O–H groups in total. The van der Waals surface area contributed by atoms with Crippen LogP contribution in [0.5, 0.6) is 0 Å². The number of amides is 2. The Morgan fingerprint density at radius 1 is 1.04 bits per heavy atom. The molecule has 0 spiro atoms. The molecule has 28 heavy (non-hydrogen) atoms. The van der Waals surface area contributed by atoms with Crippen LogP contribution < -0.4 is 5.32 Å². The second kappa shape index (κ2) is 8.08. The molecule has 5 nitrogen and oxygen atoms in total. The van der Waals surface area contributed by atoms with Crippen molar-refractivity contribution < 1.29 is 18.4 Å². The first-order valence-electron chi connectivity index (χ1n) is 8.82. The highest BCUT2D eigenvalue weighted by molar-refractivity contribution is 5.98. The quantitative estimate of drug-likeness (QED) is 0.713. The Bertz CT molecular complexity index is 1010. The van der Waals surface area contributed by atoms with Crippen LogP contribution in [0.4, 0.5) is 10.1 Å². The first-order chi connectivity index (χ1) is 13.3. The standard InChI is InChI=1S/C22H21FN2O3/c1-14-5-4-6-18(15(14)2)24-21(26)13-25(3)22(27)20-12-11-19(28-20)16-7-9-17(23)10-8-16/h4-12H,13H2,1-3H3,(H,24,26). The molecule has 0 aliphatic rings. The number of nitrogens with zero attached hydrogens (tertiary/aromatic N) is 1. The van der Waals surface area contributed by atoms with Gasteiger partial charge in [0.25, 0.3) is 5.91 Å². The van der Waals surface area contributed by atoms with E-state index in [-0.39, 0.29) is 24.0 Å². The molecule has 0 fully saturated rings. The summed E-state index contributed by atoms with van der Waals surface area (Å²) in [5, 5.41) is 2.83. The van der Waals surface area contributed by atoms with Crippen molar-refractivity contribution in [2.45, 2.75) is 13.8 Å². The van der Waals surface area contributed by atoms with Gasteiger partial charge in [-0.2, -0.15) is 0 Å². The maximum atomic E-state index is 13.0. The van der Waals surface area contributed by atoms with Gasteiger partial charge in [0.1, 0.15) is 11.6 Å². The maximum Gasteiger partial charge on any atom is 0.289 e. The molecule has 6 heteroatoms. The summed E-state index contributed by atoms with van der Waals surface area (Å²) in [6.45, 7) is 3.79. The lowest BCUT2D eigenvalue weighted by atomic mass is 10.1. The van der Waals surface area contributed by atoms with E-state index < -0.39 is 5.91 Å². The van der Waals surface area contributed by atoms with Crippen molar-refractivity contribution in [2.75, 3.05) is 18.9 Å². The zero-order valence-electron chi connectivity index (χ0n) is 16.0. The van der Waals surface area contributed by atoms with Crippen molar-refractivity contribution in [3.8, 4) is 11.3 Å². The molecule has 3 rings (SSSR count). The fourth-order valence-corrected chi connectivity index (χ4v) is 2.77. The van der Waals surface area contributed by atoms with Crippen LogP contribution in [0.3, 0.4) is 0 Å². The summed E-state index contributed by atoms with van der Waals surface area (Å²) in [4.78, 5) is 26.1. The molecule has 0 atom stereocenters. The highest BCUT2D eigenvalue weighted by Gasteiger charge is 2.19. The minimum Gasteiger partial charge on any atom is -0.451 e. The van der Waals surface area contributed by atoms with Crippen molar-refractivity contribution in [2.24, 2.45) is 0 Å². The Labute approximate surface area is 162 Å². The Balaban J connectivity index is 1.65. The van der Waals surface area contributed by atoms with Gasteiger partial charge in [-0.1, -0.05) is 12.1 Å². The van der Waals surface area contributed by atoms with Gasteiger partial charge in [-0.3, -0.25) is 9.59 Å². The lowest BCUT2D eigenvalue weighted by molar-refractivity contribution is -0.116. The molecule has 0 unspecified atom stereocenters. The number of aryl methyl sites for hydroxylation is 1. The van der Waals surface area contributed by atoms with Gasteiger partial charge in [0.15, 0.2) is 5.76 Å². The molecule has 1 heterocycles. The smallest absolute Gasteiger partial charge is 0.289 e. The first kappa shape index (κ1) is 19.4. The van der Waals surface area contributed by atoms with Gasteiger partial charge in [0.2, 0.25) is 5.91 Å². The van der Waals surface area contributed by atoms with E-state index in [1.807, 2.05) is 32.0 Å². The number of anilines is 1. The predicted octanol–water partition coefficient (Wildman–Crippen LogP) is 4.41. The molecular formula is C22H21FN2O3. The first-order valence-corrected chi connectivity index (χ1v) is 8.82. The fourth-order valence-electron chi connectivity index (χ4n) is 2.77. The summed E-state index contributed by atoms with van der Waals surface area (Å²) < 4.78 is 18.6. The molecule has 0 saturated carbocycles. The van der Waals surface area contributed by atoms with Gasteiger partial charge in [0, 0.05) is 18.3 Å². The van der Waals surface area contributed by atoms with Crippen LogP contribution in [-0.2, 0) is 4.79 Å². The van der Waals surface area contributed by atoms with Gasteiger partial charge in [-0.25, -0.2) is 4.39 Å². The van der Waals surface area contributed by atoms with Gasteiger partial charge in [-0.05, 0) is 67.4 Å². The molecule has 2 aromatic carbocycles. The normalized spacial score (nSPS) is 10.6. The van der Waals surface area contributed by atoms with E-state index in [1.54, 1.807) is 24.3 Å². The maximum absolute atomic E-state index is 13.0. The van der Waals surface area contributed by atoms with E-state index in [0.29, 0.717) is 11.3 Å². The number of hydrogen-bond acceptors (Lipinski definition) is 3. The van der Waals surface area contributed by atoms with E-state index in [1.165, 1.54) is 24.1 Å². The molecular weight excluding hydrogens is 359 g/mol. The van der Waals surface area contributed by atoms with Gasteiger partial charge >= 0.3 is 0 Å². The SMILES string of the molecule is Cc1cccc(NC(=O)CN(C)C(=O)c2ccc(-c3ccc(F)cc3)o2)c1C. The van der Waals surface area contributed by atoms with Crippen LogP contribution in [-0.4, -0.2) is 30.3 Å². The zero-order valence-corrected chi connectivity index (χ0v) is 16.0. The Hall–Kier alpha value is -3.41. The van der Waals surface area contributed by atoms with Crippen molar-refractivity contribution >= 4 is 17.5 Å². The summed E-state index contributed by atoms with van der Waals surface area (Å²) in [5.74, 6) is -0.488. The molecule has 0 radical (unpaired) electrons. The van der Waals surface area contributed by atoms with E-state index in [4.69, 9.17) is 4.42 Å². The van der Waals surface area contributed by atoms with Crippen molar-refractivity contribution in [3.05, 3.63) is 77.3 Å². The number of benzene rings is 2. The monoisotopic (exact) mass is 380 g/mol. The summed E-state index contributed by atoms with van der Waals surface area (Å²) in [7, 11) is 1.53. The second-order valence-corrected chi connectivity index (χ2v) is 6.63. The molecule has 0 bridgehead atoms. The minimum atomic E-state index is -0.413. The number of halogens is 1. The number of carbonyl (C=O) groups excluding carboxylic acids is 2. The fraction of sp³-hybridized carbons (Fsp3) is 0.182. The summed E-state index contributed by atoms with van der Waals surface area (Å²) in [6.07, 6.45) is 0. The van der Waals surface area contributed by atoms with Crippen LogP contribution in [0.25, 0.3) is 11.3 Å². The number of likely N-dealkylation sites (N-methyl/N-ethyl adjacent to an activating group) is 1. The largest absolute Gasteiger partial charge is 0.451 e. The lowest BCUT2D eigenvalue weighted by Crippen LogP contribution is -2.34. The zero-order chi connectivity index (χ0) is 20.3. The third-order valence-corrected chi connectivity index (χ3v) is 4.55. The van der Waals surface area contributed by atoms with Gasteiger partial charge in [0.05, 0.1) is 6.54 Å². The van der Waals surface area contributed by atoms with Crippen LogP contribution in [0.2, 0.25) is 0 Å². The van der Waals surface area contributed by atoms with Crippen LogP contribution in [0.1, 0.15) is 21.7 Å². The van der Waals surface area contributed by atoms with E-state index in [0.717, 1.165) is 16.8 Å². The van der Waals surface area contributed by atoms with Crippen molar-refractivity contribution in [1.29, 1.82) is 0 Å². The highest BCUT2D eigenvalue weighted by atomic mass is 19.1. The molecule has 144 valence electrons. The molecule has 1 aromatic heterocycles. The molecule has 0 aliphatic carbocycles. The second-order valence-electron chi connectivity index (χ2n) is 6.63. The molecule has 0 saturated heterocycles. The van der Waals surface area contributed by atoms with E-state index in [9.17, 15) is 14.0 Å². The number of rotatable bonds is 5. The van der Waals surface area contributed by atoms with Crippen molar-refractivity contribution in [3.63, 3.8) is 0 Å². The number of nitrogens with one attached hydrogen (secondary N) is 1. The van der Waals surface area contributed by atoms with Gasteiger partial charge in [-0.15, -0.1) is 0 Å². The minimum absolute atomic E-state index is 0.112. The molecule has 3 aromatic rings. The van der Waals surface area contributed by atoms with Crippen LogP contribution >= 0.6 is 0 Å². The predicted molar refractivity (Wildman–Crippen MR) is 106 cm³/mol. The summed E-state index contributed by atoms with van der Waals surface area (Å²) >= 11 is 0.